The van der Waals surface area contributed by atoms with Crippen LogP contribution in [0.4, 0.5) is 30.1 Å². The van der Waals surface area contributed by atoms with Crippen LogP contribution < -0.4 is 9.80 Å². The van der Waals surface area contributed by atoms with Gasteiger partial charge in [0.15, 0.2) is 10.9 Å². The number of hydrogen-bond acceptors (Lipinski definition) is 8. The molecular weight excluding hydrogens is 570 g/mol. The summed E-state index contributed by atoms with van der Waals surface area (Å²) in [5.74, 6) is -0.491. The molecule has 4 aromatic rings. The second kappa shape index (κ2) is 11.1. The average molecular weight is 603 g/mol. The Morgan fingerprint density at radius 1 is 1.07 bits per heavy atom. The summed E-state index contributed by atoms with van der Waals surface area (Å²) in [6.45, 7) is 7.50. The smallest absolute Gasteiger partial charge is 0.410 e. The quantitative estimate of drug-likeness (QED) is 0.239. The zero-order valence-corrected chi connectivity index (χ0v) is 25.3. The van der Waals surface area contributed by atoms with Gasteiger partial charge in [0.05, 0.1) is 5.69 Å². The molecule has 1 saturated heterocycles. The van der Waals surface area contributed by atoms with Gasteiger partial charge in [0.1, 0.15) is 33.6 Å². The lowest BCUT2D eigenvalue weighted by Crippen LogP contribution is -2.50. The van der Waals surface area contributed by atoms with Crippen molar-refractivity contribution in [2.45, 2.75) is 45.1 Å². The first kappa shape index (κ1) is 28.8. The summed E-state index contributed by atoms with van der Waals surface area (Å²) in [4.78, 5) is 28.1. The number of nitrogens with zero attached hydrogens (tertiary/aromatic N) is 6. The second-order valence-electron chi connectivity index (χ2n) is 12.0. The third kappa shape index (κ3) is 5.97. The van der Waals surface area contributed by atoms with Gasteiger partial charge in [0.25, 0.3) is 0 Å². The molecule has 1 saturated carbocycles. The first-order valence-electron chi connectivity index (χ1n) is 14.3. The van der Waals surface area contributed by atoms with Crippen LogP contribution in [0.15, 0.2) is 42.5 Å². The van der Waals surface area contributed by atoms with Gasteiger partial charge in [-0.3, -0.25) is 0 Å². The molecule has 3 heterocycles. The van der Waals surface area contributed by atoms with Crippen molar-refractivity contribution in [1.82, 2.24) is 14.9 Å². The molecule has 2 aromatic heterocycles. The Balaban J connectivity index is 1.35. The fourth-order valence-electron chi connectivity index (χ4n) is 5.23. The number of ether oxygens (including phenoxy) is 1. The van der Waals surface area contributed by atoms with Crippen LogP contribution in [0, 0.1) is 23.0 Å². The summed E-state index contributed by atoms with van der Waals surface area (Å²) < 4.78 is 34.9. The van der Waals surface area contributed by atoms with Crippen LogP contribution in [0.25, 0.3) is 22.2 Å². The lowest BCUT2D eigenvalue weighted by atomic mass is 10.1. The highest BCUT2D eigenvalue weighted by atomic mass is 32.1. The number of thiazole rings is 1. The number of aromatic nitrogens is 2. The Morgan fingerprint density at radius 2 is 1.77 bits per heavy atom. The Labute approximate surface area is 253 Å². The van der Waals surface area contributed by atoms with E-state index in [0.717, 1.165) is 24.2 Å². The zero-order valence-electron chi connectivity index (χ0n) is 24.5. The van der Waals surface area contributed by atoms with Gasteiger partial charge in [-0.15, -0.1) is 0 Å². The highest BCUT2D eigenvalue weighted by Crippen LogP contribution is 2.44. The van der Waals surface area contributed by atoms with E-state index in [2.05, 4.69) is 11.0 Å². The van der Waals surface area contributed by atoms with Crippen molar-refractivity contribution in [1.29, 1.82) is 5.26 Å². The van der Waals surface area contributed by atoms with Crippen LogP contribution in [0.1, 0.15) is 50.1 Å². The maximum absolute atomic E-state index is 15.8. The molecule has 1 amide bonds. The van der Waals surface area contributed by atoms with Crippen LogP contribution >= 0.6 is 11.3 Å². The predicted molar refractivity (Wildman–Crippen MR) is 164 cm³/mol. The molecule has 2 fully saturated rings. The van der Waals surface area contributed by atoms with Crippen LogP contribution in [0.5, 0.6) is 0 Å². The maximum Gasteiger partial charge on any atom is 0.410 e. The van der Waals surface area contributed by atoms with Crippen LogP contribution in [0.3, 0.4) is 0 Å². The van der Waals surface area contributed by atoms with Crippen LogP contribution in [-0.4, -0.2) is 59.8 Å². The molecule has 222 valence electrons. The van der Waals surface area contributed by atoms with Crippen molar-refractivity contribution in [3.05, 3.63) is 64.7 Å². The molecule has 0 bridgehead atoms. The highest BCUT2D eigenvalue weighted by molar-refractivity contribution is 7.16. The number of pyridine rings is 1. The molecule has 11 heteroatoms. The Bertz CT molecular complexity index is 1730. The van der Waals surface area contributed by atoms with Crippen molar-refractivity contribution in [3.8, 4) is 17.3 Å². The van der Waals surface area contributed by atoms with Gasteiger partial charge >= 0.3 is 6.09 Å². The fourth-order valence-corrected chi connectivity index (χ4v) is 6.09. The SMILES string of the molecule is CN(c1nc(-c2ccc(F)cc2)c(C#N)s1)c1cc(C2CC2)nc2c(F)cc(N3CCN(C(=O)OC(C)(C)C)CC3)cc12. The van der Waals surface area contributed by atoms with Gasteiger partial charge in [-0.25, -0.2) is 23.5 Å². The van der Waals surface area contributed by atoms with Gasteiger partial charge < -0.3 is 19.4 Å². The van der Waals surface area contributed by atoms with Gasteiger partial charge in [0.2, 0.25) is 0 Å². The predicted octanol–water partition coefficient (Wildman–Crippen LogP) is 7.21. The summed E-state index contributed by atoms with van der Waals surface area (Å²) in [5.41, 5.74) is 3.12. The standard InChI is InChI=1S/C32H32F2N6O2S/c1-32(2,3)42-31(41)40-13-11-39(12-14-40)22-15-23-26(17-25(19-5-6-19)36-29(23)24(34)16-22)38(4)30-37-28(27(18-35)43-30)20-7-9-21(33)10-8-20/h7-10,15-17,19H,5-6,11-14H2,1-4H3. The van der Waals surface area contributed by atoms with Crippen molar-refractivity contribution < 1.29 is 18.3 Å². The normalized spacial score (nSPS) is 15.5. The Kier molecular flexibility index (Phi) is 7.42. The minimum atomic E-state index is -0.574. The number of carbonyl (C=O) groups excluding carboxylic acids is 1. The molecular formula is C32H32F2N6O2S. The van der Waals surface area contributed by atoms with Crippen molar-refractivity contribution in [2.24, 2.45) is 0 Å². The van der Waals surface area contributed by atoms with E-state index in [9.17, 15) is 14.4 Å². The van der Waals surface area contributed by atoms with E-state index in [0.29, 0.717) is 64.0 Å². The van der Waals surface area contributed by atoms with Gasteiger partial charge in [-0.2, -0.15) is 5.26 Å². The molecule has 1 aliphatic carbocycles. The fraction of sp³-hybridized carbons (Fsp3) is 0.375. The molecule has 0 radical (unpaired) electrons. The second-order valence-corrected chi connectivity index (χ2v) is 12.9. The molecule has 43 heavy (non-hydrogen) atoms. The third-order valence-electron chi connectivity index (χ3n) is 7.63. The summed E-state index contributed by atoms with van der Waals surface area (Å²) >= 11 is 1.23. The van der Waals surface area contributed by atoms with E-state index in [1.807, 2.05) is 44.9 Å². The van der Waals surface area contributed by atoms with Crippen molar-refractivity contribution in [3.63, 3.8) is 0 Å². The largest absolute Gasteiger partial charge is 0.444 e. The summed E-state index contributed by atoms with van der Waals surface area (Å²) in [6, 6.07) is 13.6. The van der Waals surface area contributed by atoms with Gasteiger partial charge in [0, 0.05) is 61.5 Å². The van der Waals surface area contributed by atoms with Crippen LogP contribution in [0.2, 0.25) is 0 Å². The molecule has 0 spiro atoms. The minimum Gasteiger partial charge on any atom is -0.444 e. The number of fused-ring (bicyclic) bond motifs is 1. The van der Waals surface area contributed by atoms with E-state index >= 15 is 4.39 Å². The summed E-state index contributed by atoms with van der Waals surface area (Å²) in [6.07, 6.45) is 1.67. The number of halogens is 2. The molecule has 0 unspecified atom stereocenters. The number of amides is 1. The number of benzene rings is 2. The lowest BCUT2D eigenvalue weighted by Gasteiger charge is -2.37. The third-order valence-corrected chi connectivity index (χ3v) is 8.66. The number of nitriles is 1. The van der Waals surface area contributed by atoms with Crippen molar-refractivity contribution in [2.75, 3.05) is 43.0 Å². The average Bonchev–Trinajstić information content (AvgIpc) is 3.74. The molecule has 0 atom stereocenters. The maximum atomic E-state index is 15.8. The number of hydrogen-bond donors (Lipinski definition) is 0. The first-order valence-corrected chi connectivity index (χ1v) is 15.1. The van der Waals surface area contributed by atoms with E-state index in [1.165, 1.54) is 29.5 Å². The highest BCUT2D eigenvalue weighted by Gasteiger charge is 2.30. The Morgan fingerprint density at radius 3 is 2.40 bits per heavy atom. The molecule has 6 rings (SSSR count). The molecule has 2 aromatic carbocycles. The first-order chi connectivity index (χ1) is 20.5. The van der Waals surface area contributed by atoms with E-state index in [1.54, 1.807) is 17.0 Å². The van der Waals surface area contributed by atoms with Crippen molar-refractivity contribution >= 4 is 44.8 Å². The molecule has 0 N–H and O–H groups in total. The topological polar surface area (TPSA) is 85.6 Å². The van der Waals surface area contributed by atoms with E-state index in [-0.39, 0.29) is 17.8 Å². The number of carbonyl (C=O) groups is 1. The van der Waals surface area contributed by atoms with Gasteiger partial charge in [-0.1, -0.05) is 11.3 Å². The monoisotopic (exact) mass is 602 g/mol. The molecule has 8 nitrogen and oxygen atoms in total. The molecule has 2 aliphatic rings. The number of piperazine rings is 1. The summed E-state index contributed by atoms with van der Waals surface area (Å²) in [5, 5.41) is 11.0. The number of rotatable bonds is 5. The number of anilines is 3. The zero-order chi connectivity index (χ0) is 30.5. The minimum absolute atomic E-state index is 0.289. The van der Waals surface area contributed by atoms with E-state index < -0.39 is 11.4 Å². The van der Waals surface area contributed by atoms with Gasteiger partial charge in [-0.05, 0) is 76.1 Å². The van der Waals surface area contributed by atoms with Crippen LogP contribution in [-0.2, 0) is 4.74 Å². The van der Waals surface area contributed by atoms with E-state index in [4.69, 9.17) is 14.7 Å². The summed E-state index contributed by atoms with van der Waals surface area (Å²) in [7, 11) is 1.85. The Hall–Kier alpha value is -4.30. The molecule has 1 aliphatic heterocycles. The lowest BCUT2D eigenvalue weighted by molar-refractivity contribution is 0.0240.